The van der Waals surface area contributed by atoms with Gasteiger partial charge in [-0.05, 0) is 24.6 Å². The minimum Gasteiger partial charge on any atom is -0.493 e. The highest BCUT2D eigenvalue weighted by Crippen LogP contribution is 2.30. The molecule has 118 valence electrons. The van der Waals surface area contributed by atoms with Crippen LogP contribution >= 0.6 is 0 Å². The fourth-order valence-electron chi connectivity index (χ4n) is 2.52. The molecule has 2 aromatic heterocycles. The van der Waals surface area contributed by atoms with Gasteiger partial charge < -0.3 is 9.47 Å². The van der Waals surface area contributed by atoms with E-state index in [0.717, 1.165) is 5.56 Å². The van der Waals surface area contributed by atoms with Gasteiger partial charge >= 0.3 is 0 Å². The number of ether oxygens (including phenoxy) is 2. The number of aromatic nitrogens is 3. The van der Waals surface area contributed by atoms with Gasteiger partial charge in [0.1, 0.15) is 0 Å². The minimum absolute atomic E-state index is 0.132. The van der Waals surface area contributed by atoms with Gasteiger partial charge in [0, 0.05) is 18.5 Å². The van der Waals surface area contributed by atoms with Crippen LogP contribution in [0.25, 0.3) is 10.9 Å². The van der Waals surface area contributed by atoms with E-state index in [2.05, 4.69) is 9.97 Å². The Morgan fingerprint density at radius 3 is 2.57 bits per heavy atom. The molecule has 0 saturated carbocycles. The molecule has 1 atom stereocenters. The topological polar surface area (TPSA) is 66.2 Å². The summed E-state index contributed by atoms with van der Waals surface area (Å²) in [6.07, 6.45) is 5.00. The zero-order valence-electron chi connectivity index (χ0n) is 13.2. The monoisotopic (exact) mass is 311 g/mol. The van der Waals surface area contributed by atoms with Crippen LogP contribution < -0.4 is 15.0 Å². The summed E-state index contributed by atoms with van der Waals surface area (Å²) in [6.45, 7) is 1.94. The van der Waals surface area contributed by atoms with Crippen LogP contribution in [0.15, 0.2) is 47.8 Å². The first-order valence-electron chi connectivity index (χ1n) is 7.18. The van der Waals surface area contributed by atoms with Crippen LogP contribution in [0.1, 0.15) is 18.5 Å². The third-order valence-corrected chi connectivity index (χ3v) is 3.87. The number of hydrogen-bond donors (Lipinski definition) is 0. The molecule has 0 aliphatic heterocycles. The number of rotatable bonds is 4. The van der Waals surface area contributed by atoms with E-state index in [-0.39, 0.29) is 11.6 Å². The van der Waals surface area contributed by atoms with Crippen molar-refractivity contribution in [1.29, 1.82) is 0 Å². The minimum atomic E-state index is -0.166. The van der Waals surface area contributed by atoms with Crippen LogP contribution in [0.4, 0.5) is 0 Å². The van der Waals surface area contributed by atoms with Gasteiger partial charge in [-0.15, -0.1) is 0 Å². The van der Waals surface area contributed by atoms with Crippen molar-refractivity contribution in [2.45, 2.75) is 13.0 Å². The normalized spacial score (nSPS) is 12.1. The largest absolute Gasteiger partial charge is 0.493 e. The summed E-state index contributed by atoms with van der Waals surface area (Å²) >= 11 is 0. The van der Waals surface area contributed by atoms with Gasteiger partial charge in [0.05, 0.1) is 37.5 Å². The van der Waals surface area contributed by atoms with Gasteiger partial charge in [-0.1, -0.05) is 6.07 Å². The molecule has 2 heterocycles. The van der Waals surface area contributed by atoms with Crippen LogP contribution in [0.2, 0.25) is 0 Å². The number of methoxy groups -OCH3 is 2. The molecule has 3 rings (SSSR count). The number of nitrogens with zero attached hydrogens (tertiary/aromatic N) is 3. The molecule has 0 unspecified atom stereocenters. The molecule has 0 fully saturated rings. The molecule has 0 aliphatic carbocycles. The molecule has 6 nitrogen and oxygen atoms in total. The van der Waals surface area contributed by atoms with Crippen molar-refractivity contribution in [2.75, 3.05) is 14.2 Å². The zero-order valence-corrected chi connectivity index (χ0v) is 13.2. The predicted molar refractivity (Wildman–Crippen MR) is 87.2 cm³/mol. The number of pyridine rings is 1. The van der Waals surface area contributed by atoms with E-state index in [1.54, 1.807) is 42.5 Å². The second kappa shape index (κ2) is 6.08. The second-order valence-electron chi connectivity index (χ2n) is 5.14. The van der Waals surface area contributed by atoms with Crippen LogP contribution in [0, 0.1) is 0 Å². The fourth-order valence-corrected chi connectivity index (χ4v) is 2.52. The van der Waals surface area contributed by atoms with E-state index in [1.807, 2.05) is 19.1 Å². The van der Waals surface area contributed by atoms with E-state index in [4.69, 9.17) is 9.47 Å². The second-order valence-corrected chi connectivity index (χ2v) is 5.14. The SMILES string of the molecule is COc1cc2ncn([C@@H](C)c3cccnc3)c(=O)c2cc1OC. The molecule has 0 bridgehead atoms. The van der Waals surface area contributed by atoms with Crippen molar-refractivity contribution in [3.63, 3.8) is 0 Å². The summed E-state index contributed by atoms with van der Waals surface area (Å²) in [5.41, 5.74) is 1.38. The molecule has 1 aromatic carbocycles. The Hall–Kier alpha value is -2.89. The molecule has 0 spiro atoms. The van der Waals surface area contributed by atoms with Crippen molar-refractivity contribution in [3.05, 3.63) is 58.9 Å². The van der Waals surface area contributed by atoms with Crippen LogP contribution in [0.5, 0.6) is 11.5 Å². The van der Waals surface area contributed by atoms with Crippen molar-refractivity contribution in [2.24, 2.45) is 0 Å². The lowest BCUT2D eigenvalue weighted by Crippen LogP contribution is -2.24. The Kier molecular flexibility index (Phi) is 3.97. The standard InChI is InChI=1S/C17H17N3O3/c1-11(12-5-4-6-18-9-12)20-10-19-14-8-16(23-3)15(22-2)7-13(14)17(20)21/h4-11H,1-3H3/t11-/m0/s1. The molecule has 6 heteroatoms. The van der Waals surface area contributed by atoms with Crippen molar-refractivity contribution < 1.29 is 9.47 Å². The Bertz CT molecular complexity index is 891. The summed E-state index contributed by atoms with van der Waals surface area (Å²) in [4.78, 5) is 21.3. The van der Waals surface area contributed by atoms with Crippen LogP contribution in [-0.2, 0) is 0 Å². The molecular weight excluding hydrogens is 294 g/mol. The van der Waals surface area contributed by atoms with Gasteiger partial charge in [0.2, 0.25) is 0 Å². The van der Waals surface area contributed by atoms with Gasteiger partial charge in [-0.25, -0.2) is 4.98 Å². The van der Waals surface area contributed by atoms with Crippen molar-refractivity contribution in [3.8, 4) is 11.5 Å². The highest BCUT2D eigenvalue weighted by molar-refractivity contribution is 5.81. The van der Waals surface area contributed by atoms with Crippen molar-refractivity contribution >= 4 is 10.9 Å². The van der Waals surface area contributed by atoms with E-state index in [1.165, 1.54) is 7.11 Å². The first-order chi connectivity index (χ1) is 11.2. The summed E-state index contributed by atoms with van der Waals surface area (Å²) in [5, 5.41) is 0.487. The lowest BCUT2D eigenvalue weighted by atomic mass is 10.1. The lowest BCUT2D eigenvalue weighted by molar-refractivity contribution is 0.355. The average Bonchev–Trinajstić information content (AvgIpc) is 2.61. The summed E-state index contributed by atoms with van der Waals surface area (Å²) in [6, 6.07) is 6.98. The summed E-state index contributed by atoms with van der Waals surface area (Å²) in [7, 11) is 3.09. The van der Waals surface area contributed by atoms with E-state index in [9.17, 15) is 4.79 Å². The molecule has 0 aliphatic rings. The quantitative estimate of drug-likeness (QED) is 0.740. The first-order valence-corrected chi connectivity index (χ1v) is 7.18. The van der Waals surface area contributed by atoms with Crippen LogP contribution in [0.3, 0.4) is 0 Å². The van der Waals surface area contributed by atoms with Crippen LogP contribution in [-0.4, -0.2) is 28.8 Å². The molecule has 0 radical (unpaired) electrons. The maximum atomic E-state index is 12.8. The number of benzene rings is 1. The maximum Gasteiger partial charge on any atom is 0.261 e. The van der Waals surface area contributed by atoms with Crippen molar-refractivity contribution in [1.82, 2.24) is 14.5 Å². The lowest BCUT2D eigenvalue weighted by Gasteiger charge is -2.16. The molecule has 23 heavy (non-hydrogen) atoms. The highest BCUT2D eigenvalue weighted by Gasteiger charge is 2.15. The molecule has 0 N–H and O–H groups in total. The van der Waals surface area contributed by atoms with Gasteiger partial charge in [0.15, 0.2) is 11.5 Å². The van der Waals surface area contributed by atoms with E-state index >= 15 is 0 Å². The Labute approximate surface area is 133 Å². The number of fused-ring (bicyclic) bond motifs is 1. The van der Waals surface area contributed by atoms with Gasteiger partial charge in [-0.3, -0.25) is 14.3 Å². The smallest absolute Gasteiger partial charge is 0.261 e. The Morgan fingerprint density at radius 1 is 1.17 bits per heavy atom. The van der Waals surface area contributed by atoms with Gasteiger partial charge in [-0.2, -0.15) is 0 Å². The highest BCUT2D eigenvalue weighted by atomic mass is 16.5. The first kappa shape index (κ1) is 15.0. The third kappa shape index (κ3) is 2.63. The molecule has 3 aromatic rings. The molecular formula is C17H17N3O3. The van der Waals surface area contributed by atoms with Gasteiger partial charge in [0.25, 0.3) is 5.56 Å². The maximum absolute atomic E-state index is 12.8. The average molecular weight is 311 g/mol. The fraction of sp³-hybridized carbons (Fsp3) is 0.235. The van der Waals surface area contributed by atoms with E-state index in [0.29, 0.717) is 22.4 Å². The van der Waals surface area contributed by atoms with E-state index < -0.39 is 0 Å². The zero-order chi connectivity index (χ0) is 16.4. The predicted octanol–water partition coefficient (Wildman–Crippen LogP) is 2.42. The number of hydrogen-bond acceptors (Lipinski definition) is 5. The molecule has 0 saturated heterocycles. The Balaban J connectivity index is 2.17. The third-order valence-electron chi connectivity index (χ3n) is 3.87. The Morgan fingerprint density at radius 2 is 1.91 bits per heavy atom. The summed E-state index contributed by atoms with van der Waals surface area (Å²) in [5.74, 6) is 1.05. The molecule has 0 amide bonds. The summed E-state index contributed by atoms with van der Waals surface area (Å²) < 4.78 is 12.1.